The Bertz CT molecular complexity index is 536. The molecule has 1 aromatic heterocycles. The molecule has 2 rings (SSSR count). The third kappa shape index (κ3) is 2.73. The molecule has 0 atom stereocenters. The van der Waals surface area contributed by atoms with E-state index in [1.165, 1.54) is 22.7 Å². The summed E-state index contributed by atoms with van der Waals surface area (Å²) in [6.45, 7) is 2.07. The molecule has 3 nitrogen and oxygen atoms in total. The van der Waals surface area contributed by atoms with Gasteiger partial charge in [0.1, 0.15) is 5.82 Å². The lowest BCUT2D eigenvalue weighted by atomic mass is 10.2. The molecule has 1 heterocycles. The molecule has 0 aliphatic carbocycles. The van der Waals surface area contributed by atoms with E-state index >= 15 is 0 Å². The van der Waals surface area contributed by atoms with Crippen LogP contribution in [-0.2, 0) is 5.75 Å². The molecule has 1 aromatic carbocycles. The number of H-pyrrole nitrogens is 1. The smallest absolute Gasteiger partial charge is 0.250 e. The molecule has 0 unspecified atom stereocenters. The number of nitrogens with one attached hydrogen (secondary N) is 1. The Morgan fingerprint density at radius 2 is 2.12 bits per heavy atom. The summed E-state index contributed by atoms with van der Waals surface area (Å²) < 4.78 is 0. The monoisotopic (exact) mass is 232 g/mol. The van der Waals surface area contributed by atoms with Gasteiger partial charge in [0.2, 0.25) is 0 Å². The Kier molecular flexibility index (Phi) is 3.41. The van der Waals surface area contributed by atoms with Gasteiger partial charge < -0.3 is 4.98 Å². The first-order valence-electron chi connectivity index (χ1n) is 4.98. The van der Waals surface area contributed by atoms with Crippen molar-refractivity contribution in [3.8, 4) is 0 Å². The van der Waals surface area contributed by atoms with Crippen LogP contribution < -0.4 is 5.56 Å². The fourth-order valence-electron chi connectivity index (χ4n) is 1.35. The molecule has 0 saturated heterocycles. The van der Waals surface area contributed by atoms with Gasteiger partial charge >= 0.3 is 0 Å². The second kappa shape index (κ2) is 4.99. The van der Waals surface area contributed by atoms with Gasteiger partial charge in [-0.1, -0.05) is 18.2 Å². The van der Waals surface area contributed by atoms with E-state index in [1.807, 2.05) is 12.1 Å². The third-order valence-corrected chi connectivity index (χ3v) is 3.37. The van der Waals surface area contributed by atoms with Gasteiger partial charge in [-0.25, -0.2) is 4.98 Å². The van der Waals surface area contributed by atoms with Crippen molar-refractivity contribution >= 4 is 11.8 Å². The SMILES string of the molecule is Cc1ccccc1SCc1nccc(=O)[nH]1. The number of thioether (sulfide) groups is 1. The van der Waals surface area contributed by atoms with Gasteiger partial charge in [-0.15, -0.1) is 11.8 Å². The zero-order valence-corrected chi connectivity index (χ0v) is 9.75. The van der Waals surface area contributed by atoms with Crippen LogP contribution in [0.5, 0.6) is 0 Å². The molecule has 0 aliphatic rings. The Morgan fingerprint density at radius 1 is 1.31 bits per heavy atom. The zero-order valence-electron chi connectivity index (χ0n) is 8.93. The van der Waals surface area contributed by atoms with E-state index in [9.17, 15) is 4.79 Å². The van der Waals surface area contributed by atoms with Crippen LogP contribution in [0.1, 0.15) is 11.4 Å². The van der Waals surface area contributed by atoms with E-state index in [0.29, 0.717) is 11.6 Å². The van der Waals surface area contributed by atoms with Crippen molar-refractivity contribution in [3.05, 3.63) is 58.3 Å². The van der Waals surface area contributed by atoms with Crippen molar-refractivity contribution in [2.75, 3.05) is 0 Å². The third-order valence-electron chi connectivity index (χ3n) is 2.18. The molecule has 0 saturated carbocycles. The highest BCUT2D eigenvalue weighted by atomic mass is 32.2. The molecule has 0 radical (unpaired) electrons. The van der Waals surface area contributed by atoms with Crippen LogP contribution in [-0.4, -0.2) is 9.97 Å². The van der Waals surface area contributed by atoms with Crippen LogP contribution in [0.4, 0.5) is 0 Å². The van der Waals surface area contributed by atoms with Crippen molar-refractivity contribution in [2.24, 2.45) is 0 Å². The lowest BCUT2D eigenvalue weighted by Gasteiger charge is -2.04. The Morgan fingerprint density at radius 3 is 2.88 bits per heavy atom. The summed E-state index contributed by atoms with van der Waals surface area (Å²) in [6, 6.07) is 9.59. The molecule has 1 N–H and O–H groups in total. The zero-order chi connectivity index (χ0) is 11.4. The van der Waals surface area contributed by atoms with Gasteiger partial charge in [0.05, 0.1) is 5.75 Å². The topological polar surface area (TPSA) is 45.8 Å². The standard InChI is InChI=1S/C12H12N2OS/c1-9-4-2-3-5-10(9)16-8-11-13-7-6-12(15)14-11/h2-7H,8H2,1H3,(H,13,14,15). The molecule has 4 heteroatoms. The first-order chi connectivity index (χ1) is 7.75. The van der Waals surface area contributed by atoms with Crippen molar-refractivity contribution in [2.45, 2.75) is 17.6 Å². The number of rotatable bonds is 3. The summed E-state index contributed by atoms with van der Waals surface area (Å²) in [4.78, 5) is 19.1. The molecular weight excluding hydrogens is 220 g/mol. The number of aryl methyl sites for hydroxylation is 1. The van der Waals surface area contributed by atoms with Gasteiger partial charge in [0.15, 0.2) is 0 Å². The average Bonchev–Trinajstić information content (AvgIpc) is 2.28. The fourth-order valence-corrected chi connectivity index (χ4v) is 2.26. The van der Waals surface area contributed by atoms with E-state index in [-0.39, 0.29) is 5.56 Å². The summed E-state index contributed by atoms with van der Waals surface area (Å²) in [5.41, 5.74) is 1.14. The van der Waals surface area contributed by atoms with Crippen LogP contribution in [0, 0.1) is 6.92 Å². The van der Waals surface area contributed by atoms with Crippen LogP contribution in [0.25, 0.3) is 0 Å². The van der Waals surface area contributed by atoms with Crippen LogP contribution in [0.2, 0.25) is 0 Å². The van der Waals surface area contributed by atoms with E-state index in [1.54, 1.807) is 11.8 Å². The van der Waals surface area contributed by atoms with Gasteiger partial charge in [-0.05, 0) is 18.6 Å². The number of hydrogen-bond acceptors (Lipinski definition) is 3. The number of nitrogens with zero attached hydrogens (tertiary/aromatic N) is 1. The number of hydrogen-bond donors (Lipinski definition) is 1. The predicted octanol–water partition coefficient (Wildman–Crippen LogP) is 2.37. The first kappa shape index (κ1) is 11.0. The fraction of sp³-hybridized carbons (Fsp3) is 0.167. The molecule has 0 amide bonds. The number of aromatic nitrogens is 2. The molecule has 0 bridgehead atoms. The summed E-state index contributed by atoms with van der Waals surface area (Å²) >= 11 is 1.68. The average molecular weight is 232 g/mol. The normalized spacial score (nSPS) is 10.3. The summed E-state index contributed by atoms with van der Waals surface area (Å²) in [6.07, 6.45) is 1.53. The maximum Gasteiger partial charge on any atom is 0.250 e. The Labute approximate surface area is 97.9 Å². The lowest BCUT2D eigenvalue weighted by molar-refractivity contribution is 1.00. The molecule has 82 valence electrons. The first-order valence-corrected chi connectivity index (χ1v) is 5.97. The van der Waals surface area contributed by atoms with Gasteiger partial charge in [-0.2, -0.15) is 0 Å². The van der Waals surface area contributed by atoms with Gasteiger partial charge in [-0.3, -0.25) is 4.79 Å². The predicted molar refractivity (Wildman–Crippen MR) is 65.6 cm³/mol. The Hall–Kier alpha value is -1.55. The van der Waals surface area contributed by atoms with Crippen molar-refractivity contribution < 1.29 is 0 Å². The highest BCUT2D eigenvalue weighted by Gasteiger charge is 2.00. The summed E-state index contributed by atoms with van der Waals surface area (Å²) in [5, 5.41) is 0. The minimum Gasteiger partial charge on any atom is -0.310 e. The molecule has 2 aromatic rings. The minimum absolute atomic E-state index is 0.101. The lowest BCUT2D eigenvalue weighted by Crippen LogP contribution is -2.07. The van der Waals surface area contributed by atoms with E-state index < -0.39 is 0 Å². The molecule has 0 aliphatic heterocycles. The van der Waals surface area contributed by atoms with Crippen LogP contribution >= 0.6 is 11.8 Å². The quantitative estimate of drug-likeness (QED) is 0.826. The Balaban J connectivity index is 2.08. The minimum atomic E-state index is -0.101. The highest BCUT2D eigenvalue weighted by Crippen LogP contribution is 2.23. The highest BCUT2D eigenvalue weighted by molar-refractivity contribution is 7.98. The van der Waals surface area contributed by atoms with Gasteiger partial charge in [0.25, 0.3) is 5.56 Å². The second-order valence-electron chi connectivity index (χ2n) is 3.43. The van der Waals surface area contributed by atoms with Crippen LogP contribution in [0.3, 0.4) is 0 Å². The molecular formula is C12H12N2OS. The van der Waals surface area contributed by atoms with Crippen molar-refractivity contribution in [1.29, 1.82) is 0 Å². The second-order valence-corrected chi connectivity index (χ2v) is 4.45. The van der Waals surface area contributed by atoms with Crippen LogP contribution in [0.15, 0.2) is 46.2 Å². The summed E-state index contributed by atoms with van der Waals surface area (Å²) in [7, 11) is 0. The maximum atomic E-state index is 11.1. The largest absolute Gasteiger partial charge is 0.310 e. The maximum absolute atomic E-state index is 11.1. The summed E-state index contributed by atoms with van der Waals surface area (Å²) in [5.74, 6) is 1.39. The van der Waals surface area contributed by atoms with Gasteiger partial charge in [0, 0.05) is 17.2 Å². The van der Waals surface area contributed by atoms with E-state index in [4.69, 9.17) is 0 Å². The van der Waals surface area contributed by atoms with Crippen molar-refractivity contribution in [3.63, 3.8) is 0 Å². The molecule has 0 spiro atoms. The van der Waals surface area contributed by atoms with Crippen molar-refractivity contribution in [1.82, 2.24) is 9.97 Å². The van der Waals surface area contributed by atoms with E-state index in [0.717, 1.165) is 0 Å². The number of benzene rings is 1. The number of aromatic amines is 1. The molecule has 0 fully saturated rings. The van der Waals surface area contributed by atoms with E-state index in [2.05, 4.69) is 29.0 Å². The molecule has 16 heavy (non-hydrogen) atoms.